The van der Waals surface area contributed by atoms with Gasteiger partial charge in [-0.15, -0.1) is 0 Å². The van der Waals surface area contributed by atoms with Crippen molar-refractivity contribution in [2.45, 2.75) is 25.7 Å². The van der Waals surface area contributed by atoms with Crippen molar-refractivity contribution in [1.82, 2.24) is 0 Å². The van der Waals surface area contributed by atoms with Crippen molar-refractivity contribution in [2.75, 3.05) is 36.0 Å². The lowest BCUT2D eigenvalue weighted by atomic mass is 10.0. The van der Waals surface area contributed by atoms with Crippen LogP contribution in [0.5, 0.6) is 0 Å². The van der Waals surface area contributed by atoms with Crippen LogP contribution in [0.25, 0.3) is 43.9 Å². The third-order valence-corrected chi connectivity index (χ3v) is 7.14. The fraction of sp³-hybridized carbons (Fsp3) is 0.296. The van der Waals surface area contributed by atoms with E-state index in [4.69, 9.17) is 8.83 Å². The molecule has 0 amide bonds. The highest BCUT2D eigenvalue weighted by Gasteiger charge is 2.20. The summed E-state index contributed by atoms with van der Waals surface area (Å²) in [5.74, 6) is 0. The van der Waals surface area contributed by atoms with Crippen LogP contribution < -0.4 is 15.2 Å². The van der Waals surface area contributed by atoms with E-state index in [0.717, 1.165) is 58.9 Å². The van der Waals surface area contributed by atoms with Gasteiger partial charge in [-0.25, -0.2) is 0 Å². The van der Waals surface area contributed by atoms with E-state index in [-0.39, 0.29) is 5.43 Å². The SMILES string of the molecule is O=c1cc2oc3cc(N4CCCC4)ccc3c3c4ccc(N5CCCC5)cc4oc(c1)c23. The van der Waals surface area contributed by atoms with Crippen LogP contribution in [0.15, 0.2) is 62.2 Å². The van der Waals surface area contributed by atoms with Gasteiger partial charge in [0.15, 0.2) is 5.43 Å². The van der Waals surface area contributed by atoms with Gasteiger partial charge in [0, 0.05) is 78.0 Å². The zero-order chi connectivity index (χ0) is 21.2. The first-order chi connectivity index (χ1) is 15.7. The number of fused-ring (bicyclic) bond motifs is 4. The van der Waals surface area contributed by atoms with E-state index < -0.39 is 0 Å². The summed E-state index contributed by atoms with van der Waals surface area (Å²) < 4.78 is 12.6. The minimum atomic E-state index is -0.101. The highest BCUT2D eigenvalue weighted by Crippen LogP contribution is 2.40. The second-order valence-electron chi connectivity index (χ2n) is 9.12. The predicted octanol–water partition coefficient (Wildman–Crippen LogP) is 6.05. The molecule has 2 aromatic heterocycles. The lowest BCUT2D eigenvalue weighted by molar-refractivity contribution is 0.647. The maximum absolute atomic E-state index is 12.4. The van der Waals surface area contributed by atoms with E-state index >= 15 is 0 Å². The molecule has 0 spiro atoms. The molecule has 5 nitrogen and oxygen atoms in total. The minimum Gasteiger partial charge on any atom is -0.456 e. The summed E-state index contributed by atoms with van der Waals surface area (Å²) in [5.41, 5.74) is 5.05. The third kappa shape index (κ3) is 2.67. The van der Waals surface area contributed by atoms with Crippen molar-refractivity contribution < 1.29 is 8.83 Å². The van der Waals surface area contributed by atoms with Crippen molar-refractivity contribution >= 4 is 55.3 Å². The molecule has 0 aliphatic carbocycles. The van der Waals surface area contributed by atoms with Gasteiger partial charge in [-0.2, -0.15) is 0 Å². The molecule has 160 valence electrons. The highest BCUT2D eigenvalue weighted by molar-refractivity contribution is 6.25. The number of hydrogen-bond acceptors (Lipinski definition) is 5. The standard InChI is InChI=1S/C27H24N2O3/c30-19-15-24-27-25(16-19)32-23-14-18(29-11-3-4-12-29)6-8-21(23)26(27)20-7-5-17(13-22(20)31-24)28-9-1-2-10-28/h5-8,13-16H,1-4,9-12H2. The molecule has 0 saturated carbocycles. The van der Waals surface area contributed by atoms with E-state index in [0.29, 0.717) is 11.2 Å². The van der Waals surface area contributed by atoms with Crippen molar-refractivity contribution in [3.8, 4) is 0 Å². The Kier molecular flexibility index (Phi) is 3.83. The summed E-state index contributed by atoms with van der Waals surface area (Å²) in [5, 5.41) is 4.09. The van der Waals surface area contributed by atoms with Gasteiger partial charge < -0.3 is 18.6 Å². The summed E-state index contributed by atoms with van der Waals surface area (Å²) >= 11 is 0. The fourth-order valence-electron chi connectivity index (χ4n) is 5.57. The summed E-state index contributed by atoms with van der Waals surface area (Å²) in [4.78, 5) is 17.2. The molecular weight excluding hydrogens is 400 g/mol. The molecule has 0 unspecified atom stereocenters. The first-order valence-corrected chi connectivity index (χ1v) is 11.6. The Morgan fingerprint density at radius 2 is 1.03 bits per heavy atom. The Bertz CT molecular complexity index is 1460. The van der Waals surface area contributed by atoms with E-state index in [9.17, 15) is 4.79 Å². The second kappa shape index (κ2) is 6.76. The van der Waals surface area contributed by atoms with Crippen LogP contribution in [0, 0.1) is 0 Å². The van der Waals surface area contributed by atoms with Crippen molar-refractivity contribution in [1.29, 1.82) is 0 Å². The first-order valence-electron chi connectivity index (χ1n) is 11.6. The summed E-state index contributed by atoms with van der Waals surface area (Å²) in [6.07, 6.45) is 4.91. The average Bonchev–Trinajstić information content (AvgIpc) is 3.52. The number of nitrogens with zero attached hydrogens (tertiary/aromatic N) is 2. The normalized spacial score (nSPS) is 17.0. The molecule has 2 saturated heterocycles. The Hall–Kier alpha value is -3.47. The molecule has 2 fully saturated rings. The number of hydrogen-bond donors (Lipinski definition) is 0. The minimum absolute atomic E-state index is 0.101. The fourth-order valence-corrected chi connectivity index (χ4v) is 5.57. The van der Waals surface area contributed by atoms with Crippen LogP contribution in [0.1, 0.15) is 25.7 Å². The molecule has 2 aliphatic heterocycles. The predicted molar refractivity (Wildman–Crippen MR) is 130 cm³/mol. The Balaban J connectivity index is 1.56. The van der Waals surface area contributed by atoms with Crippen molar-refractivity contribution in [3.63, 3.8) is 0 Å². The Morgan fingerprint density at radius 1 is 0.562 bits per heavy atom. The van der Waals surface area contributed by atoms with Gasteiger partial charge >= 0.3 is 0 Å². The third-order valence-electron chi connectivity index (χ3n) is 7.14. The zero-order valence-electron chi connectivity index (χ0n) is 17.9. The lowest BCUT2D eigenvalue weighted by Gasteiger charge is -2.19. The first kappa shape index (κ1) is 18.1. The molecule has 0 atom stereocenters. The Labute approximate surface area is 184 Å². The summed E-state index contributed by atoms with van der Waals surface area (Å²) in [7, 11) is 0. The highest BCUT2D eigenvalue weighted by atomic mass is 16.3. The molecule has 5 heteroatoms. The molecule has 0 N–H and O–H groups in total. The van der Waals surface area contributed by atoms with Gasteiger partial charge in [-0.1, -0.05) is 0 Å². The molecule has 5 aromatic rings. The molecule has 0 radical (unpaired) electrons. The van der Waals surface area contributed by atoms with Crippen LogP contribution in [0.3, 0.4) is 0 Å². The molecule has 0 bridgehead atoms. The maximum atomic E-state index is 12.4. The topological polar surface area (TPSA) is 49.8 Å². The molecule has 2 aliphatic rings. The Morgan fingerprint density at radius 3 is 1.50 bits per heavy atom. The van der Waals surface area contributed by atoms with Crippen LogP contribution in [0.4, 0.5) is 11.4 Å². The molecule has 4 heterocycles. The average molecular weight is 425 g/mol. The van der Waals surface area contributed by atoms with Gasteiger partial charge in [0.1, 0.15) is 22.3 Å². The lowest BCUT2D eigenvalue weighted by Crippen LogP contribution is -2.17. The van der Waals surface area contributed by atoms with E-state index in [1.165, 1.54) is 37.1 Å². The van der Waals surface area contributed by atoms with E-state index in [2.05, 4.69) is 46.2 Å². The summed E-state index contributed by atoms with van der Waals surface area (Å²) in [6, 6.07) is 16.1. The zero-order valence-corrected chi connectivity index (χ0v) is 17.9. The smallest absolute Gasteiger partial charge is 0.186 e. The van der Waals surface area contributed by atoms with Crippen LogP contribution in [0.2, 0.25) is 0 Å². The van der Waals surface area contributed by atoms with Crippen molar-refractivity contribution in [2.24, 2.45) is 0 Å². The number of rotatable bonds is 2. The molecular formula is C27H24N2O3. The van der Waals surface area contributed by atoms with Crippen LogP contribution >= 0.6 is 0 Å². The molecule has 32 heavy (non-hydrogen) atoms. The quantitative estimate of drug-likeness (QED) is 0.255. The van der Waals surface area contributed by atoms with Crippen LogP contribution in [-0.2, 0) is 0 Å². The maximum Gasteiger partial charge on any atom is 0.186 e. The van der Waals surface area contributed by atoms with Gasteiger partial charge in [-0.05, 0) is 49.9 Å². The molecule has 3 aromatic carbocycles. The van der Waals surface area contributed by atoms with Gasteiger partial charge in [0.2, 0.25) is 0 Å². The van der Waals surface area contributed by atoms with E-state index in [1.54, 1.807) is 12.1 Å². The monoisotopic (exact) mass is 424 g/mol. The van der Waals surface area contributed by atoms with Crippen molar-refractivity contribution in [3.05, 3.63) is 58.8 Å². The summed E-state index contributed by atoms with van der Waals surface area (Å²) in [6.45, 7) is 4.32. The van der Waals surface area contributed by atoms with Gasteiger partial charge in [-0.3, -0.25) is 4.79 Å². The number of benzene rings is 3. The van der Waals surface area contributed by atoms with E-state index in [1.807, 2.05) is 0 Å². The molecule has 7 rings (SSSR count). The van der Waals surface area contributed by atoms with Gasteiger partial charge in [0.25, 0.3) is 0 Å². The second-order valence-corrected chi connectivity index (χ2v) is 9.12. The van der Waals surface area contributed by atoms with Gasteiger partial charge in [0.05, 0.1) is 5.39 Å². The number of anilines is 2. The largest absolute Gasteiger partial charge is 0.456 e. The van der Waals surface area contributed by atoms with Crippen LogP contribution in [-0.4, -0.2) is 26.2 Å².